The molecule has 1 heterocycles. The first-order valence-corrected chi connectivity index (χ1v) is 6.91. The van der Waals surface area contributed by atoms with E-state index in [2.05, 4.69) is 60.4 Å². The van der Waals surface area contributed by atoms with Crippen LogP contribution in [0.4, 0.5) is 5.69 Å². The molecule has 1 saturated heterocycles. The summed E-state index contributed by atoms with van der Waals surface area (Å²) in [6, 6.07) is 9.68. The van der Waals surface area contributed by atoms with Gasteiger partial charge in [-0.2, -0.15) is 0 Å². The van der Waals surface area contributed by atoms with Gasteiger partial charge in [0.15, 0.2) is 0 Å². The summed E-state index contributed by atoms with van der Waals surface area (Å²) in [7, 11) is 4.35. The number of likely N-dealkylation sites (N-methyl/N-ethyl adjacent to an activating group) is 1. The van der Waals surface area contributed by atoms with Crippen LogP contribution in [-0.4, -0.2) is 44.7 Å². The third kappa shape index (κ3) is 3.24. The third-order valence-corrected chi connectivity index (χ3v) is 3.77. The van der Waals surface area contributed by atoms with Crippen LogP contribution in [-0.2, 0) is 6.54 Å². The van der Waals surface area contributed by atoms with Crippen molar-refractivity contribution in [2.45, 2.75) is 25.9 Å². The monoisotopic (exact) mass is 247 g/mol. The van der Waals surface area contributed by atoms with Crippen LogP contribution in [0.15, 0.2) is 24.3 Å². The molecule has 100 valence electrons. The van der Waals surface area contributed by atoms with E-state index in [4.69, 9.17) is 0 Å². The Balaban J connectivity index is 1.94. The Kier molecular flexibility index (Phi) is 4.61. The third-order valence-electron chi connectivity index (χ3n) is 3.77. The molecule has 0 bridgehead atoms. The van der Waals surface area contributed by atoms with Gasteiger partial charge in [0.25, 0.3) is 0 Å². The standard InChI is InChI=1S/C15H25N3/c1-4-16-11-13-5-7-14(8-6-13)18-10-9-15(12-18)17(2)3/h5-8,15-16H,4,9-12H2,1-3H3. The molecule has 2 rings (SSSR count). The molecule has 1 unspecified atom stereocenters. The summed E-state index contributed by atoms with van der Waals surface area (Å²) in [5, 5.41) is 3.36. The zero-order valence-corrected chi connectivity index (χ0v) is 11.8. The van der Waals surface area contributed by atoms with E-state index in [9.17, 15) is 0 Å². The normalized spacial score (nSPS) is 19.8. The van der Waals surface area contributed by atoms with Crippen molar-refractivity contribution in [3.63, 3.8) is 0 Å². The molecule has 3 heteroatoms. The van der Waals surface area contributed by atoms with Crippen molar-refractivity contribution in [3.05, 3.63) is 29.8 Å². The molecule has 18 heavy (non-hydrogen) atoms. The molecule has 0 radical (unpaired) electrons. The summed E-state index contributed by atoms with van der Waals surface area (Å²) in [5.74, 6) is 0. The van der Waals surface area contributed by atoms with Gasteiger partial charge < -0.3 is 15.1 Å². The first-order valence-electron chi connectivity index (χ1n) is 6.91. The Bertz CT molecular complexity index is 359. The van der Waals surface area contributed by atoms with E-state index in [0.717, 1.165) is 19.6 Å². The van der Waals surface area contributed by atoms with Gasteiger partial charge >= 0.3 is 0 Å². The van der Waals surface area contributed by atoms with Crippen molar-refractivity contribution < 1.29 is 0 Å². The number of nitrogens with one attached hydrogen (secondary N) is 1. The highest BCUT2D eigenvalue weighted by atomic mass is 15.2. The fraction of sp³-hybridized carbons (Fsp3) is 0.600. The summed E-state index contributed by atoms with van der Waals surface area (Å²) in [5.41, 5.74) is 2.73. The molecule has 1 aliphatic rings. The Hall–Kier alpha value is -1.06. The van der Waals surface area contributed by atoms with Crippen molar-refractivity contribution in [2.75, 3.05) is 38.6 Å². The lowest BCUT2D eigenvalue weighted by Gasteiger charge is -2.22. The minimum Gasteiger partial charge on any atom is -0.370 e. The molecular weight excluding hydrogens is 222 g/mol. The maximum absolute atomic E-state index is 3.36. The van der Waals surface area contributed by atoms with Gasteiger partial charge in [0.2, 0.25) is 0 Å². The first kappa shape index (κ1) is 13.4. The maximum Gasteiger partial charge on any atom is 0.0366 e. The van der Waals surface area contributed by atoms with Crippen LogP contribution in [0.5, 0.6) is 0 Å². The Morgan fingerprint density at radius 2 is 2.00 bits per heavy atom. The minimum absolute atomic E-state index is 0.700. The van der Waals surface area contributed by atoms with Crippen molar-refractivity contribution in [2.24, 2.45) is 0 Å². The SMILES string of the molecule is CCNCc1ccc(N2CCC(N(C)C)C2)cc1. The summed E-state index contributed by atoms with van der Waals surface area (Å²) in [6.45, 7) is 6.46. The fourth-order valence-electron chi connectivity index (χ4n) is 2.49. The highest BCUT2D eigenvalue weighted by Crippen LogP contribution is 2.22. The second-order valence-electron chi connectivity index (χ2n) is 5.30. The Morgan fingerprint density at radius 3 is 2.56 bits per heavy atom. The summed E-state index contributed by atoms with van der Waals surface area (Å²) in [4.78, 5) is 4.82. The number of hydrogen-bond acceptors (Lipinski definition) is 3. The van der Waals surface area contributed by atoms with Crippen LogP contribution in [0.2, 0.25) is 0 Å². The van der Waals surface area contributed by atoms with Crippen molar-refractivity contribution in [1.82, 2.24) is 10.2 Å². The fourth-order valence-corrected chi connectivity index (χ4v) is 2.49. The lowest BCUT2D eigenvalue weighted by molar-refractivity contribution is 0.315. The van der Waals surface area contributed by atoms with E-state index < -0.39 is 0 Å². The predicted molar refractivity (Wildman–Crippen MR) is 78.1 cm³/mol. The van der Waals surface area contributed by atoms with Crippen molar-refractivity contribution in [3.8, 4) is 0 Å². The second-order valence-corrected chi connectivity index (χ2v) is 5.30. The zero-order valence-electron chi connectivity index (χ0n) is 11.8. The molecule has 0 spiro atoms. The van der Waals surface area contributed by atoms with Gasteiger partial charge in [-0.25, -0.2) is 0 Å². The van der Waals surface area contributed by atoms with Crippen molar-refractivity contribution in [1.29, 1.82) is 0 Å². The van der Waals surface area contributed by atoms with E-state index in [1.54, 1.807) is 0 Å². The van der Waals surface area contributed by atoms with Gasteiger partial charge in [-0.15, -0.1) is 0 Å². The second kappa shape index (κ2) is 6.21. The average Bonchev–Trinajstić information content (AvgIpc) is 2.87. The topological polar surface area (TPSA) is 18.5 Å². The minimum atomic E-state index is 0.700. The maximum atomic E-state index is 3.36. The molecule has 1 aromatic rings. The molecule has 1 atom stereocenters. The summed E-state index contributed by atoms with van der Waals surface area (Å²) >= 11 is 0. The van der Waals surface area contributed by atoms with E-state index in [1.165, 1.54) is 24.2 Å². The lowest BCUT2D eigenvalue weighted by Crippen LogP contribution is -2.31. The van der Waals surface area contributed by atoms with E-state index in [1.807, 2.05) is 0 Å². The van der Waals surface area contributed by atoms with Crippen LogP contribution in [0.1, 0.15) is 18.9 Å². The number of anilines is 1. The van der Waals surface area contributed by atoms with Gasteiger partial charge in [-0.3, -0.25) is 0 Å². The van der Waals surface area contributed by atoms with Crippen molar-refractivity contribution >= 4 is 5.69 Å². The van der Waals surface area contributed by atoms with Crippen LogP contribution >= 0.6 is 0 Å². The Morgan fingerprint density at radius 1 is 1.28 bits per heavy atom. The van der Waals surface area contributed by atoms with E-state index in [0.29, 0.717) is 6.04 Å². The average molecular weight is 247 g/mol. The van der Waals surface area contributed by atoms with Crippen LogP contribution < -0.4 is 10.2 Å². The number of nitrogens with zero attached hydrogens (tertiary/aromatic N) is 2. The van der Waals surface area contributed by atoms with Gasteiger partial charge in [-0.05, 0) is 44.8 Å². The predicted octanol–water partition coefficient (Wildman–Crippen LogP) is 1.94. The quantitative estimate of drug-likeness (QED) is 0.858. The van der Waals surface area contributed by atoms with E-state index in [-0.39, 0.29) is 0 Å². The molecule has 0 amide bonds. The first-order chi connectivity index (χ1) is 8.70. The van der Waals surface area contributed by atoms with Crippen LogP contribution in [0, 0.1) is 0 Å². The van der Waals surface area contributed by atoms with Gasteiger partial charge in [-0.1, -0.05) is 19.1 Å². The molecule has 1 N–H and O–H groups in total. The van der Waals surface area contributed by atoms with Crippen LogP contribution in [0.3, 0.4) is 0 Å². The molecule has 0 aliphatic carbocycles. The lowest BCUT2D eigenvalue weighted by atomic mass is 10.2. The Labute approximate surface area is 111 Å². The molecule has 1 aliphatic heterocycles. The molecule has 0 saturated carbocycles. The molecule has 3 nitrogen and oxygen atoms in total. The smallest absolute Gasteiger partial charge is 0.0366 e. The highest BCUT2D eigenvalue weighted by Gasteiger charge is 2.23. The number of rotatable bonds is 5. The summed E-state index contributed by atoms with van der Waals surface area (Å²) in [6.07, 6.45) is 1.27. The number of hydrogen-bond donors (Lipinski definition) is 1. The van der Waals surface area contributed by atoms with Gasteiger partial charge in [0.05, 0.1) is 0 Å². The highest BCUT2D eigenvalue weighted by molar-refractivity contribution is 5.48. The van der Waals surface area contributed by atoms with Gasteiger partial charge in [0, 0.05) is 31.4 Å². The zero-order chi connectivity index (χ0) is 13.0. The van der Waals surface area contributed by atoms with Crippen LogP contribution in [0.25, 0.3) is 0 Å². The largest absolute Gasteiger partial charge is 0.370 e. The molecular formula is C15H25N3. The molecule has 1 aromatic carbocycles. The molecule has 1 fully saturated rings. The molecule has 0 aromatic heterocycles. The summed E-state index contributed by atoms with van der Waals surface area (Å²) < 4.78 is 0. The van der Waals surface area contributed by atoms with E-state index >= 15 is 0 Å². The van der Waals surface area contributed by atoms with Gasteiger partial charge in [0.1, 0.15) is 0 Å². The number of benzene rings is 1.